The lowest BCUT2D eigenvalue weighted by molar-refractivity contribution is 0.208. The average molecular weight is 273 g/mol. The molecule has 0 saturated carbocycles. The van der Waals surface area contributed by atoms with Gasteiger partial charge in [0.15, 0.2) is 0 Å². The lowest BCUT2D eigenvalue weighted by Crippen LogP contribution is -2.40. The number of rotatable bonds is 5. The summed E-state index contributed by atoms with van der Waals surface area (Å²) in [6.07, 6.45) is 1.28. The lowest BCUT2D eigenvalue weighted by atomic mass is 9.76. The highest BCUT2D eigenvalue weighted by Crippen LogP contribution is 2.33. The summed E-state index contributed by atoms with van der Waals surface area (Å²) in [7, 11) is 0. The van der Waals surface area contributed by atoms with Gasteiger partial charge in [-0.25, -0.2) is 0 Å². The Morgan fingerprint density at radius 2 is 2.35 bits per heavy atom. The molecule has 96 valence electrons. The van der Waals surface area contributed by atoms with Crippen LogP contribution in [0.15, 0.2) is 12.1 Å². The monoisotopic (exact) mass is 272 g/mol. The van der Waals surface area contributed by atoms with Gasteiger partial charge in [-0.05, 0) is 36.4 Å². The van der Waals surface area contributed by atoms with Crippen LogP contribution in [0.1, 0.15) is 25.1 Å². The van der Waals surface area contributed by atoms with Gasteiger partial charge in [0, 0.05) is 24.5 Å². The normalized spacial score (nSPS) is 24.7. The molecular formula is C13H21ClN2S. The van der Waals surface area contributed by atoms with Gasteiger partial charge in [-0.3, -0.25) is 0 Å². The van der Waals surface area contributed by atoms with Crippen molar-refractivity contribution in [3.8, 4) is 0 Å². The summed E-state index contributed by atoms with van der Waals surface area (Å²) in [5, 5.41) is 7.08. The fourth-order valence-electron chi connectivity index (χ4n) is 2.49. The number of hydrogen-bond donors (Lipinski definition) is 2. The summed E-state index contributed by atoms with van der Waals surface area (Å²) in [6, 6.07) is 4.08. The molecule has 1 fully saturated rings. The fourth-order valence-corrected chi connectivity index (χ4v) is 3.55. The highest BCUT2D eigenvalue weighted by molar-refractivity contribution is 7.16. The van der Waals surface area contributed by atoms with Crippen LogP contribution in [0.25, 0.3) is 0 Å². The molecular weight excluding hydrogens is 252 g/mol. The van der Waals surface area contributed by atoms with Crippen molar-refractivity contribution in [2.45, 2.75) is 26.8 Å². The van der Waals surface area contributed by atoms with E-state index in [0.717, 1.165) is 36.4 Å². The van der Waals surface area contributed by atoms with E-state index in [2.05, 4.69) is 30.5 Å². The maximum absolute atomic E-state index is 5.92. The summed E-state index contributed by atoms with van der Waals surface area (Å²) >= 11 is 7.59. The first kappa shape index (κ1) is 13.3. The summed E-state index contributed by atoms with van der Waals surface area (Å²) in [6.45, 7) is 8.99. The SMILES string of the molecule is CC(C)C1(CNCc2ccc(Cl)s2)CCNC1. The van der Waals surface area contributed by atoms with Gasteiger partial charge < -0.3 is 10.6 Å². The molecule has 1 aromatic rings. The van der Waals surface area contributed by atoms with Gasteiger partial charge in [-0.15, -0.1) is 11.3 Å². The van der Waals surface area contributed by atoms with Crippen LogP contribution in [0.3, 0.4) is 0 Å². The number of thiophene rings is 1. The summed E-state index contributed by atoms with van der Waals surface area (Å²) < 4.78 is 0.878. The van der Waals surface area contributed by atoms with Crippen molar-refractivity contribution in [3.63, 3.8) is 0 Å². The summed E-state index contributed by atoms with van der Waals surface area (Å²) in [4.78, 5) is 1.32. The molecule has 0 bridgehead atoms. The second-order valence-corrected chi connectivity index (χ2v) is 7.05. The van der Waals surface area contributed by atoms with E-state index in [1.807, 2.05) is 6.07 Å². The largest absolute Gasteiger partial charge is 0.316 e. The van der Waals surface area contributed by atoms with Crippen LogP contribution in [0.4, 0.5) is 0 Å². The molecule has 17 heavy (non-hydrogen) atoms. The van der Waals surface area contributed by atoms with Crippen LogP contribution in [0, 0.1) is 11.3 Å². The van der Waals surface area contributed by atoms with E-state index in [0.29, 0.717) is 5.41 Å². The van der Waals surface area contributed by atoms with E-state index < -0.39 is 0 Å². The van der Waals surface area contributed by atoms with Crippen LogP contribution in [0.2, 0.25) is 4.34 Å². The van der Waals surface area contributed by atoms with Crippen LogP contribution < -0.4 is 10.6 Å². The molecule has 0 spiro atoms. The van der Waals surface area contributed by atoms with Crippen molar-refractivity contribution in [2.24, 2.45) is 11.3 Å². The third-order valence-corrected chi connectivity index (χ3v) is 5.14. The quantitative estimate of drug-likeness (QED) is 0.861. The second-order valence-electron chi connectivity index (χ2n) is 5.25. The van der Waals surface area contributed by atoms with E-state index >= 15 is 0 Å². The zero-order valence-electron chi connectivity index (χ0n) is 10.6. The Labute approximate surface area is 113 Å². The second kappa shape index (κ2) is 5.70. The van der Waals surface area contributed by atoms with Gasteiger partial charge in [0.2, 0.25) is 0 Å². The molecule has 2 N–H and O–H groups in total. The van der Waals surface area contributed by atoms with Crippen molar-refractivity contribution in [1.82, 2.24) is 10.6 Å². The van der Waals surface area contributed by atoms with Gasteiger partial charge in [-0.1, -0.05) is 25.4 Å². The third kappa shape index (κ3) is 3.22. The molecule has 1 saturated heterocycles. The number of nitrogens with one attached hydrogen (secondary N) is 2. The van der Waals surface area contributed by atoms with Crippen LogP contribution >= 0.6 is 22.9 Å². The van der Waals surface area contributed by atoms with Crippen molar-refractivity contribution in [2.75, 3.05) is 19.6 Å². The zero-order chi connectivity index (χ0) is 12.3. The van der Waals surface area contributed by atoms with Crippen LogP contribution in [-0.2, 0) is 6.54 Å². The molecule has 1 unspecified atom stereocenters. The fraction of sp³-hybridized carbons (Fsp3) is 0.692. The molecule has 4 heteroatoms. The average Bonchev–Trinajstić information content (AvgIpc) is 2.89. The summed E-state index contributed by atoms with van der Waals surface area (Å²) in [5.41, 5.74) is 0.432. The van der Waals surface area contributed by atoms with Crippen molar-refractivity contribution in [3.05, 3.63) is 21.3 Å². The molecule has 2 rings (SSSR count). The smallest absolute Gasteiger partial charge is 0.0931 e. The standard InChI is InChI=1S/C13H21ClN2S/c1-10(2)13(5-6-15-8-13)9-16-7-11-3-4-12(14)17-11/h3-4,10,15-16H,5-9H2,1-2H3. The van der Waals surface area contributed by atoms with Gasteiger partial charge in [0.1, 0.15) is 0 Å². The Morgan fingerprint density at radius 3 is 2.88 bits per heavy atom. The van der Waals surface area contributed by atoms with Gasteiger partial charge in [-0.2, -0.15) is 0 Å². The first-order chi connectivity index (χ1) is 8.12. The molecule has 1 aliphatic rings. The van der Waals surface area contributed by atoms with Gasteiger partial charge >= 0.3 is 0 Å². The topological polar surface area (TPSA) is 24.1 Å². The number of hydrogen-bond acceptors (Lipinski definition) is 3. The van der Waals surface area contributed by atoms with Crippen LogP contribution in [-0.4, -0.2) is 19.6 Å². The van der Waals surface area contributed by atoms with E-state index in [1.165, 1.54) is 11.3 Å². The molecule has 1 atom stereocenters. The lowest BCUT2D eigenvalue weighted by Gasteiger charge is -2.33. The molecule has 1 aliphatic heterocycles. The predicted molar refractivity (Wildman–Crippen MR) is 75.8 cm³/mol. The molecule has 0 radical (unpaired) electrons. The third-order valence-electron chi connectivity index (χ3n) is 3.91. The van der Waals surface area contributed by atoms with Crippen molar-refractivity contribution >= 4 is 22.9 Å². The van der Waals surface area contributed by atoms with Gasteiger partial charge in [0.05, 0.1) is 4.34 Å². The van der Waals surface area contributed by atoms with E-state index in [9.17, 15) is 0 Å². The minimum atomic E-state index is 0.432. The molecule has 2 heterocycles. The first-order valence-electron chi connectivity index (χ1n) is 6.28. The molecule has 1 aromatic heterocycles. The number of halogens is 1. The minimum absolute atomic E-state index is 0.432. The zero-order valence-corrected chi connectivity index (χ0v) is 12.1. The Bertz CT molecular complexity index is 356. The van der Waals surface area contributed by atoms with E-state index in [-0.39, 0.29) is 0 Å². The first-order valence-corrected chi connectivity index (χ1v) is 7.47. The molecule has 0 aliphatic carbocycles. The highest BCUT2D eigenvalue weighted by atomic mass is 35.5. The van der Waals surface area contributed by atoms with Crippen LogP contribution in [0.5, 0.6) is 0 Å². The predicted octanol–water partition coefficient (Wildman–Crippen LogP) is 3.13. The summed E-state index contributed by atoms with van der Waals surface area (Å²) in [5.74, 6) is 0.719. The van der Waals surface area contributed by atoms with Crippen molar-refractivity contribution in [1.29, 1.82) is 0 Å². The van der Waals surface area contributed by atoms with E-state index in [1.54, 1.807) is 11.3 Å². The molecule has 0 aromatic carbocycles. The minimum Gasteiger partial charge on any atom is -0.316 e. The maximum Gasteiger partial charge on any atom is 0.0931 e. The highest BCUT2D eigenvalue weighted by Gasteiger charge is 2.36. The van der Waals surface area contributed by atoms with E-state index in [4.69, 9.17) is 11.6 Å². The molecule has 0 amide bonds. The maximum atomic E-state index is 5.92. The Balaban J connectivity index is 1.84. The Kier molecular flexibility index (Phi) is 4.47. The molecule has 2 nitrogen and oxygen atoms in total. The Morgan fingerprint density at radius 1 is 1.53 bits per heavy atom. The Hall–Kier alpha value is -0.0900. The van der Waals surface area contributed by atoms with Gasteiger partial charge in [0.25, 0.3) is 0 Å². The van der Waals surface area contributed by atoms with Crippen molar-refractivity contribution < 1.29 is 0 Å².